The van der Waals surface area contributed by atoms with Crippen LogP contribution < -0.4 is 5.69 Å². The summed E-state index contributed by atoms with van der Waals surface area (Å²) >= 11 is 0. The van der Waals surface area contributed by atoms with Crippen molar-refractivity contribution in [2.24, 2.45) is 0 Å². The van der Waals surface area contributed by atoms with Crippen LogP contribution in [-0.2, 0) is 0 Å². The molecule has 0 fully saturated rings. The van der Waals surface area contributed by atoms with Crippen LogP contribution in [0, 0.1) is 11.6 Å². The van der Waals surface area contributed by atoms with E-state index in [0.717, 1.165) is 6.07 Å². The fourth-order valence-corrected chi connectivity index (χ4v) is 1.99. The number of nitrogens with one attached hydrogen (secondary N) is 2. The molecule has 0 unspecified atom stereocenters. The van der Waals surface area contributed by atoms with Crippen LogP contribution in [0.4, 0.5) is 8.78 Å². The van der Waals surface area contributed by atoms with Crippen molar-refractivity contribution >= 4 is 11.0 Å². The quantitative estimate of drug-likeness (QED) is 0.681. The molecule has 0 aliphatic heterocycles. The Morgan fingerprint density at radius 3 is 2.44 bits per heavy atom. The van der Waals surface area contributed by atoms with E-state index in [0.29, 0.717) is 16.6 Å². The lowest BCUT2D eigenvalue weighted by molar-refractivity contribution is 0.511. The number of hydrogen-bond donors (Lipinski definition) is 2. The Hall–Kier alpha value is -2.43. The number of imidazole rings is 1. The Bertz CT molecular complexity index is 789. The van der Waals surface area contributed by atoms with E-state index in [-0.39, 0.29) is 11.3 Å². The molecule has 0 aliphatic carbocycles. The minimum absolute atomic E-state index is 0.121. The number of aromatic nitrogens is 2. The maximum absolute atomic E-state index is 13.7. The highest BCUT2D eigenvalue weighted by molar-refractivity contribution is 5.91. The van der Waals surface area contributed by atoms with E-state index < -0.39 is 11.6 Å². The average molecular weight is 246 g/mol. The number of aromatic amines is 2. The molecule has 0 saturated heterocycles. The van der Waals surface area contributed by atoms with Gasteiger partial charge in [0.25, 0.3) is 0 Å². The summed E-state index contributed by atoms with van der Waals surface area (Å²) in [6, 6.07) is 8.94. The van der Waals surface area contributed by atoms with E-state index in [1.807, 2.05) is 0 Å². The van der Waals surface area contributed by atoms with Gasteiger partial charge in [-0.1, -0.05) is 24.3 Å². The summed E-state index contributed by atoms with van der Waals surface area (Å²) in [5.41, 5.74) is 1.21. The SMILES string of the molecule is O=c1[nH]c2cccc(-c3cccc(F)c3F)c2[nH]1. The number of para-hydroxylation sites is 1. The number of benzene rings is 2. The maximum atomic E-state index is 13.7. The first-order valence-electron chi connectivity index (χ1n) is 5.32. The van der Waals surface area contributed by atoms with E-state index in [1.165, 1.54) is 12.1 Å². The number of hydrogen-bond acceptors (Lipinski definition) is 1. The molecule has 90 valence electrons. The molecule has 5 heteroatoms. The van der Waals surface area contributed by atoms with Crippen molar-refractivity contribution in [3.8, 4) is 11.1 Å². The minimum Gasteiger partial charge on any atom is -0.306 e. The Kier molecular flexibility index (Phi) is 2.26. The molecule has 0 bridgehead atoms. The van der Waals surface area contributed by atoms with Gasteiger partial charge in [0, 0.05) is 11.1 Å². The third-order valence-electron chi connectivity index (χ3n) is 2.79. The highest BCUT2D eigenvalue weighted by Gasteiger charge is 2.13. The Morgan fingerprint density at radius 2 is 1.61 bits per heavy atom. The van der Waals surface area contributed by atoms with Gasteiger partial charge in [-0.05, 0) is 12.1 Å². The zero-order valence-corrected chi connectivity index (χ0v) is 9.13. The van der Waals surface area contributed by atoms with Crippen molar-refractivity contribution in [2.45, 2.75) is 0 Å². The monoisotopic (exact) mass is 246 g/mol. The lowest BCUT2D eigenvalue weighted by Crippen LogP contribution is -1.99. The van der Waals surface area contributed by atoms with Crippen LogP contribution in [0.1, 0.15) is 0 Å². The molecule has 0 radical (unpaired) electrons. The zero-order chi connectivity index (χ0) is 12.7. The molecule has 0 atom stereocenters. The summed E-state index contributed by atoms with van der Waals surface area (Å²) in [7, 11) is 0. The molecular weight excluding hydrogens is 238 g/mol. The standard InChI is InChI=1S/C13H8F2N2O/c14-9-5-1-3-7(11(9)15)8-4-2-6-10-12(8)17-13(18)16-10/h1-6H,(H2,16,17,18). The summed E-state index contributed by atoms with van der Waals surface area (Å²) in [6.07, 6.45) is 0. The summed E-state index contributed by atoms with van der Waals surface area (Å²) < 4.78 is 27.0. The van der Waals surface area contributed by atoms with Crippen LogP contribution in [0.25, 0.3) is 22.2 Å². The van der Waals surface area contributed by atoms with Crippen LogP contribution >= 0.6 is 0 Å². The van der Waals surface area contributed by atoms with Crippen molar-refractivity contribution in [1.29, 1.82) is 0 Å². The van der Waals surface area contributed by atoms with Gasteiger partial charge in [-0.2, -0.15) is 0 Å². The van der Waals surface area contributed by atoms with E-state index >= 15 is 0 Å². The highest BCUT2D eigenvalue weighted by Crippen LogP contribution is 2.28. The molecule has 18 heavy (non-hydrogen) atoms. The number of rotatable bonds is 1. The topological polar surface area (TPSA) is 48.6 Å². The van der Waals surface area contributed by atoms with Gasteiger partial charge in [-0.3, -0.25) is 0 Å². The lowest BCUT2D eigenvalue weighted by Gasteiger charge is -2.05. The van der Waals surface area contributed by atoms with Crippen LogP contribution in [-0.4, -0.2) is 9.97 Å². The van der Waals surface area contributed by atoms with Crippen LogP contribution in [0.3, 0.4) is 0 Å². The van der Waals surface area contributed by atoms with Crippen molar-refractivity contribution in [3.63, 3.8) is 0 Å². The van der Waals surface area contributed by atoms with Crippen molar-refractivity contribution in [2.75, 3.05) is 0 Å². The van der Waals surface area contributed by atoms with Crippen molar-refractivity contribution < 1.29 is 8.78 Å². The second-order valence-corrected chi connectivity index (χ2v) is 3.91. The van der Waals surface area contributed by atoms with Gasteiger partial charge in [0.2, 0.25) is 0 Å². The molecule has 0 amide bonds. The molecule has 3 nitrogen and oxygen atoms in total. The minimum atomic E-state index is -0.924. The smallest absolute Gasteiger partial charge is 0.306 e. The number of H-pyrrole nitrogens is 2. The highest BCUT2D eigenvalue weighted by atomic mass is 19.2. The van der Waals surface area contributed by atoms with E-state index in [9.17, 15) is 13.6 Å². The van der Waals surface area contributed by atoms with Crippen LogP contribution in [0.2, 0.25) is 0 Å². The van der Waals surface area contributed by atoms with Crippen molar-refractivity contribution in [3.05, 3.63) is 58.5 Å². The predicted octanol–water partition coefficient (Wildman–Crippen LogP) is 2.80. The van der Waals surface area contributed by atoms with Gasteiger partial charge in [0.15, 0.2) is 11.6 Å². The van der Waals surface area contributed by atoms with Crippen molar-refractivity contribution in [1.82, 2.24) is 9.97 Å². The Labute approximate surface area is 100 Å². The van der Waals surface area contributed by atoms with Gasteiger partial charge >= 0.3 is 5.69 Å². The first-order chi connectivity index (χ1) is 8.66. The summed E-state index contributed by atoms with van der Waals surface area (Å²) in [5.74, 6) is -1.84. The molecule has 3 aromatic rings. The van der Waals surface area contributed by atoms with E-state index in [1.54, 1.807) is 18.2 Å². The second kappa shape index (κ2) is 3.80. The second-order valence-electron chi connectivity index (χ2n) is 3.91. The van der Waals surface area contributed by atoms with Gasteiger partial charge in [0.05, 0.1) is 11.0 Å². The van der Waals surface area contributed by atoms with Gasteiger partial charge < -0.3 is 9.97 Å². The molecule has 1 aromatic heterocycles. The summed E-state index contributed by atoms with van der Waals surface area (Å²) in [5, 5.41) is 0. The fourth-order valence-electron chi connectivity index (χ4n) is 1.99. The Balaban J connectivity index is 2.38. The molecule has 0 spiro atoms. The average Bonchev–Trinajstić information content (AvgIpc) is 2.73. The number of fused-ring (bicyclic) bond motifs is 1. The molecule has 0 saturated carbocycles. The first-order valence-corrected chi connectivity index (χ1v) is 5.32. The lowest BCUT2D eigenvalue weighted by atomic mass is 10.0. The molecule has 3 rings (SSSR count). The molecule has 2 N–H and O–H groups in total. The third-order valence-corrected chi connectivity index (χ3v) is 2.79. The first kappa shape index (κ1) is 10.7. The number of halogens is 2. The third kappa shape index (κ3) is 1.52. The molecule has 2 aromatic carbocycles. The fraction of sp³-hybridized carbons (Fsp3) is 0. The van der Waals surface area contributed by atoms with E-state index in [2.05, 4.69) is 9.97 Å². The Morgan fingerprint density at radius 1 is 0.889 bits per heavy atom. The largest absolute Gasteiger partial charge is 0.323 e. The van der Waals surface area contributed by atoms with Gasteiger partial charge in [-0.15, -0.1) is 0 Å². The van der Waals surface area contributed by atoms with Crippen LogP contribution in [0.15, 0.2) is 41.2 Å². The predicted molar refractivity (Wildman–Crippen MR) is 64.3 cm³/mol. The normalized spacial score (nSPS) is 11.0. The summed E-state index contributed by atoms with van der Waals surface area (Å²) in [4.78, 5) is 16.4. The molecular formula is C13H8F2N2O. The van der Waals surface area contributed by atoms with Gasteiger partial charge in [-0.25, -0.2) is 13.6 Å². The molecule has 0 aliphatic rings. The molecule has 1 heterocycles. The van der Waals surface area contributed by atoms with Crippen LogP contribution in [0.5, 0.6) is 0 Å². The van der Waals surface area contributed by atoms with Gasteiger partial charge in [0.1, 0.15) is 0 Å². The van der Waals surface area contributed by atoms with E-state index in [4.69, 9.17) is 0 Å². The maximum Gasteiger partial charge on any atom is 0.323 e. The zero-order valence-electron chi connectivity index (χ0n) is 9.13. The summed E-state index contributed by atoms with van der Waals surface area (Å²) in [6.45, 7) is 0.